The molecule has 1 fully saturated rings. The van der Waals surface area contributed by atoms with Gasteiger partial charge in [0.1, 0.15) is 12.2 Å². The number of hydrogen-bond donors (Lipinski definition) is 2. The van der Waals surface area contributed by atoms with Gasteiger partial charge in [-0.2, -0.15) is 5.10 Å². The van der Waals surface area contributed by atoms with Crippen molar-refractivity contribution < 1.29 is 4.79 Å². The highest BCUT2D eigenvalue weighted by Crippen LogP contribution is 2.22. The Kier molecular flexibility index (Phi) is 4.97. The van der Waals surface area contributed by atoms with Gasteiger partial charge in [0.2, 0.25) is 5.91 Å². The van der Waals surface area contributed by atoms with E-state index in [9.17, 15) is 4.79 Å². The minimum Gasteiger partial charge on any atom is -0.354 e. The lowest BCUT2D eigenvalue weighted by Gasteiger charge is -2.23. The summed E-state index contributed by atoms with van der Waals surface area (Å²) in [5, 5.41) is 10.7. The molecule has 0 unspecified atom stereocenters. The number of nitrogens with zero attached hydrogens (tertiary/aromatic N) is 4. The molecule has 7 heteroatoms. The van der Waals surface area contributed by atoms with E-state index in [0.29, 0.717) is 18.9 Å². The van der Waals surface area contributed by atoms with Crippen LogP contribution in [0.15, 0.2) is 42.9 Å². The van der Waals surface area contributed by atoms with E-state index in [0.717, 1.165) is 36.5 Å². The quantitative estimate of drug-likeness (QED) is 0.702. The van der Waals surface area contributed by atoms with Gasteiger partial charge >= 0.3 is 0 Å². The molecule has 7 nitrogen and oxygen atoms in total. The molecule has 4 heterocycles. The first kappa shape index (κ1) is 16.8. The van der Waals surface area contributed by atoms with E-state index in [4.69, 9.17) is 0 Å². The molecule has 1 aliphatic heterocycles. The topological polar surface area (TPSA) is 76.2 Å². The van der Waals surface area contributed by atoms with Gasteiger partial charge in [0.25, 0.3) is 0 Å². The van der Waals surface area contributed by atoms with Crippen molar-refractivity contribution in [2.45, 2.75) is 31.7 Å². The van der Waals surface area contributed by atoms with Crippen molar-refractivity contribution in [1.82, 2.24) is 29.8 Å². The predicted octanol–water partition coefficient (Wildman–Crippen LogP) is 1.36. The summed E-state index contributed by atoms with van der Waals surface area (Å²) < 4.78 is 3.82. The number of imidazole rings is 1. The number of amides is 1. The van der Waals surface area contributed by atoms with Gasteiger partial charge in [0.15, 0.2) is 0 Å². The second-order valence-corrected chi connectivity index (χ2v) is 6.76. The first-order valence-electron chi connectivity index (χ1n) is 9.21. The first-order valence-corrected chi connectivity index (χ1v) is 9.21. The van der Waals surface area contributed by atoms with Gasteiger partial charge in [-0.05, 0) is 37.6 Å². The molecule has 0 bridgehead atoms. The number of hydrogen-bond acceptors (Lipinski definition) is 4. The summed E-state index contributed by atoms with van der Waals surface area (Å²) in [6.07, 6.45) is 8.79. The van der Waals surface area contributed by atoms with Crippen molar-refractivity contribution in [2.24, 2.45) is 0 Å². The normalized spacial score (nSPS) is 17.5. The summed E-state index contributed by atoms with van der Waals surface area (Å²) in [6, 6.07) is 7.95. The Morgan fingerprint density at radius 1 is 1.35 bits per heavy atom. The summed E-state index contributed by atoms with van der Waals surface area (Å²) in [7, 11) is 0. The maximum Gasteiger partial charge on any atom is 0.241 e. The SMILES string of the molecule is O=C(Cn1nccc1[C@@H]1CCCNC1)NCCc1cn2ccccc2n1. The van der Waals surface area contributed by atoms with Crippen molar-refractivity contribution in [3.05, 3.63) is 54.2 Å². The van der Waals surface area contributed by atoms with E-state index in [1.165, 1.54) is 6.42 Å². The Morgan fingerprint density at radius 2 is 2.31 bits per heavy atom. The molecule has 2 N–H and O–H groups in total. The van der Waals surface area contributed by atoms with E-state index in [1.807, 2.05) is 45.7 Å². The third-order valence-corrected chi connectivity index (χ3v) is 4.88. The van der Waals surface area contributed by atoms with Crippen LogP contribution in [-0.2, 0) is 17.8 Å². The highest BCUT2D eigenvalue weighted by Gasteiger charge is 2.19. The van der Waals surface area contributed by atoms with Gasteiger partial charge in [0.05, 0.1) is 5.69 Å². The Bertz CT molecular complexity index is 844. The van der Waals surface area contributed by atoms with Crippen molar-refractivity contribution in [3.8, 4) is 0 Å². The van der Waals surface area contributed by atoms with E-state index >= 15 is 0 Å². The fraction of sp³-hybridized carbons (Fsp3) is 0.421. The summed E-state index contributed by atoms with van der Waals surface area (Å²) >= 11 is 0. The van der Waals surface area contributed by atoms with Crippen LogP contribution in [0.2, 0.25) is 0 Å². The highest BCUT2D eigenvalue weighted by atomic mass is 16.2. The van der Waals surface area contributed by atoms with Crippen LogP contribution in [0.4, 0.5) is 0 Å². The summed E-state index contributed by atoms with van der Waals surface area (Å²) in [6.45, 7) is 2.88. The van der Waals surface area contributed by atoms with E-state index in [2.05, 4.69) is 20.7 Å². The molecule has 1 saturated heterocycles. The van der Waals surface area contributed by atoms with Crippen molar-refractivity contribution in [2.75, 3.05) is 19.6 Å². The molecule has 1 amide bonds. The maximum absolute atomic E-state index is 12.3. The monoisotopic (exact) mass is 352 g/mol. The highest BCUT2D eigenvalue weighted by molar-refractivity contribution is 5.75. The molecule has 3 aromatic heterocycles. The van der Waals surface area contributed by atoms with Crippen LogP contribution in [-0.4, -0.2) is 44.7 Å². The fourth-order valence-electron chi connectivity index (χ4n) is 3.56. The smallest absolute Gasteiger partial charge is 0.241 e. The number of aromatic nitrogens is 4. The molecule has 136 valence electrons. The lowest BCUT2D eigenvalue weighted by molar-refractivity contribution is -0.121. The largest absolute Gasteiger partial charge is 0.354 e. The molecule has 0 aliphatic carbocycles. The third-order valence-electron chi connectivity index (χ3n) is 4.88. The number of rotatable bonds is 6. The van der Waals surface area contributed by atoms with E-state index < -0.39 is 0 Å². The van der Waals surface area contributed by atoms with Crippen LogP contribution >= 0.6 is 0 Å². The molecule has 1 atom stereocenters. The van der Waals surface area contributed by atoms with Gasteiger partial charge in [-0.1, -0.05) is 6.07 Å². The Morgan fingerprint density at radius 3 is 3.15 bits per heavy atom. The second kappa shape index (κ2) is 7.70. The zero-order valence-electron chi connectivity index (χ0n) is 14.8. The molecule has 0 spiro atoms. The lowest BCUT2D eigenvalue weighted by atomic mass is 9.96. The molecule has 3 aromatic rings. The maximum atomic E-state index is 12.3. The van der Waals surface area contributed by atoms with Gasteiger partial charge in [-0.3, -0.25) is 9.48 Å². The van der Waals surface area contributed by atoms with Crippen LogP contribution in [0, 0.1) is 0 Å². The third kappa shape index (κ3) is 3.77. The molecule has 0 aromatic carbocycles. The minimum atomic E-state index is -0.0116. The van der Waals surface area contributed by atoms with Gasteiger partial charge in [-0.15, -0.1) is 0 Å². The van der Waals surface area contributed by atoms with E-state index in [1.54, 1.807) is 6.20 Å². The number of fused-ring (bicyclic) bond motifs is 1. The molecular formula is C19H24N6O. The molecule has 1 aliphatic rings. The molecular weight excluding hydrogens is 328 g/mol. The van der Waals surface area contributed by atoms with Crippen molar-refractivity contribution in [3.63, 3.8) is 0 Å². The molecule has 4 rings (SSSR count). The summed E-state index contributed by atoms with van der Waals surface area (Å²) in [5.74, 6) is 0.430. The lowest BCUT2D eigenvalue weighted by Crippen LogP contribution is -2.33. The van der Waals surface area contributed by atoms with Gasteiger partial charge < -0.3 is 15.0 Å². The standard InChI is InChI=1S/C19H24N6O/c26-19(14-25-17(7-10-22-25)15-4-3-8-20-12-15)21-9-6-16-13-24-11-2-1-5-18(24)23-16/h1-2,5,7,10-11,13,15,20H,3-4,6,8-9,12,14H2,(H,21,26)/t15-/m1/s1. The Balaban J connectivity index is 1.29. The van der Waals surface area contributed by atoms with Crippen LogP contribution in [0.3, 0.4) is 0 Å². The minimum absolute atomic E-state index is 0.0116. The Hall–Kier alpha value is -2.67. The Labute approximate surface area is 152 Å². The predicted molar refractivity (Wildman–Crippen MR) is 99.0 cm³/mol. The number of pyridine rings is 1. The first-order chi connectivity index (χ1) is 12.8. The van der Waals surface area contributed by atoms with Crippen LogP contribution in [0.5, 0.6) is 0 Å². The van der Waals surface area contributed by atoms with Crippen molar-refractivity contribution >= 4 is 11.6 Å². The average molecular weight is 352 g/mol. The van der Waals surface area contributed by atoms with Gasteiger partial charge in [-0.25, -0.2) is 4.98 Å². The number of carbonyl (C=O) groups excluding carboxylic acids is 1. The van der Waals surface area contributed by atoms with Crippen LogP contribution < -0.4 is 10.6 Å². The van der Waals surface area contributed by atoms with Crippen LogP contribution in [0.1, 0.15) is 30.1 Å². The summed E-state index contributed by atoms with van der Waals surface area (Å²) in [4.78, 5) is 16.8. The van der Waals surface area contributed by atoms with E-state index in [-0.39, 0.29) is 12.5 Å². The molecule has 0 radical (unpaired) electrons. The zero-order valence-corrected chi connectivity index (χ0v) is 14.8. The zero-order chi connectivity index (χ0) is 17.8. The average Bonchev–Trinajstić information content (AvgIpc) is 3.28. The summed E-state index contributed by atoms with van der Waals surface area (Å²) in [5.41, 5.74) is 3.05. The number of piperidine rings is 1. The molecule has 26 heavy (non-hydrogen) atoms. The molecule has 0 saturated carbocycles. The van der Waals surface area contributed by atoms with Crippen molar-refractivity contribution in [1.29, 1.82) is 0 Å². The number of nitrogens with one attached hydrogen (secondary N) is 2. The number of carbonyl (C=O) groups is 1. The van der Waals surface area contributed by atoms with Crippen LogP contribution in [0.25, 0.3) is 5.65 Å². The van der Waals surface area contributed by atoms with Gasteiger partial charge in [0, 0.05) is 49.7 Å². The fourth-order valence-corrected chi connectivity index (χ4v) is 3.56. The second-order valence-electron chi connectivity index (χ2n) is 6.76.